The van der Waals surface area contributed by atoms with E-state index in [-0.39, 0.29) is 0 Å². The van der Waals surface area contributed by atoms with E-state index in [0.29, 0.717) is 24.9 Å². The van der Waals surface area contributed by atoms with Crippen LogP contribution in [0, 0.1) is 0 Å². The molecule has 1 saturated heterocycles. The summed E-state index contributed by atoms with van der Waals surface area (Å²) in [6.45, 7) is 5.87. The Bertz CT molecular complexity index is 1000. The van der Waals surface area contributed by atoms with Gasteiger partial charge in [-0.25, -0.2) is 9.98 Å². The Morgan fingerprint density at radius 1 is 1.23 bits per heavy atom. The molecule has 7 heteroatoms. The number of ether oxygens (including phenoxy) is 1. The molecule has 1 fully saturated rings. The highest BCUT2D eigenvalue weighted by molar-refractivity contribution is 5.80. The van der Waals surface area contributed by atoms with E-state index >= 15 is 0 Å². The highest BCUT2D eigenvalue weighted by atomic mass is 16.5. The number of likely N-dealkylation sites (tertiary alicyclic amines) is 1. The number of nitrogens with one attached hydrogen (secondary N) is 1. The molecule has 0 bridgehead atoms. The maximum absolute atomic E-state index is 5.99. The van der Waals surface area contributed by atoms with Gasteiger partial charge in [-0.1, -0.05) is 36.4 Å². The topological polar surface area (TPSA) is 67.6 Å². The summed E-state index contributed by atoms with van der Waals surface area (Å²) in [5.41, 5.74) is 3.40. The van der Waals surface area contributed by atoms with Crippen molar-refractivity contribution in [3.63, 3.8) is 0 Å². The molecule has 1 atom stereocenters. The maximum atomic E-state index is 5.99. The molecule has 7 nitrogen and oxygen atoms in total. The Morgan fingerprint density at radius 2 is 2.10 bits per heavy atom. The van der Waals surface area contributed by atoms with Crippen molar-refractivity contribution in [1.29, 1.82) is 0 Å². The fourth-order valence-electron chi connectivity index (χ4n) is 3.86. The average Bonchev–Trinajstić information content (AvgIpc) is 3.46. The van der Waals surface area contributed by atoms with Crippen LogP contribution in [0.2, 0.25) is 0 Å². The van der Waals surface area contributed by atoms with Crippen LogP contribution in [-0.4, -0.2) is 45.3 Å². The molecule has 0 aliphatic carbocycles. The van der Waals surface area contributed by atoms with Gasteiger partial charge in [-0.15, -0.1) is 0 Å². The second-order valence-electron chi connectivity index (χ2n) is 7.79. The van der Waals surface area contributed by atoms with E-state index in [9.17, 15) is 0 Å². The first kappa shape index (κ1) is 20.9. The lowest BCUT2D eigenvalue weighted by Crippen LogP contribution is -2.40. The minimum absolute atomic E-state index is 0.487. The number of hydrogen-bond donors (Lipinski definition) is 1. The Hall–Kier alpha value is -3.35. The second kappa shape index (κ2) is 10.1. The summed E-state index contributed by atoms with van der Waals surface area (Å²) in [5, 5.41) is 7.77. The summed E-state index contributed by atoms with van der Waals surface area (Å²) in [7, 11) is 1.97. The van der Waals surface area contributed by atoms with Crippen LogP contribution >= 0.6 is 0 Å². The molecule has 1 aromatic carbocycles. The number of pyridine rings is 1. The molecule has 1 aliphatic rings. The highest BCUT2D eigenvalue weighted by Gasteiger charge is 2.27. The monoisotopic (exact) mass is 418 g/mol. The van der Waals surface area contributed by atoms with Crippen LogP contribution in [0.3, 0.4) is 0 Å². The number of guanidine groups is 1. The molecule has 3 heterocycles. The van der Waals surface area contributed by atoms with Gasteiger partial charge in [0.1, 0.15) is 6.61 Å². The van der Waals surface area contributed by atoms with Crippen molar-refractivity contribution in [2.24, 2.45) is 12.0 Å². The van der Waals surface area contributed by atoms with E-state index in [4.69, 9.17) is 9.73 Å². The Balaban J connectivity index is 1.43. The van der Waals surface area contributed by atoms with Gasteiger partial charge in [-0.2, -0.15) is 5.10 Å². The number of hydrogen-bond acceptors (Lipinski definition) is 4. The molecule has 2 aromatic heterocycles. The molecule has 0 radical (unpaired) electrons. The third kappa shape index (κ3) is 5.42. The van der Waals surface area contributed by atoms with Gasteiger partial charge in [0.25, 0.3) is 0 Å². The molecule has 4 rings (SSSR count). The number of nitrogens with zero attached hydrogens (tertiary/aromatic N) is 5. The lowest BCUT2D eigenvalue weighted by Gasteiger charge is -2.21. The Morgan fingerprint density at radius 3 is 2.87 bits per heavy atom. The molecular weight excluding hydrogens is 388 g/mol. The summed E-state index contributed by atoms with van der Waals surface area (Å²) in [6.07, 6.45) is 6.96. The molecule has 1 aliphatic heterocycles. The van der Waals surface area contributed by atoms with Gasteiger partial charge in [0.2, 0.25) is 5.88 Å². The summed E-state index contributed by atoms with van der Waals surface area (Å²) in [5.74, 6) is 2.06. The number of aryl methyl sites for hydroxylation is 1. The van der Waals surface area contributed by atoms with Crippen LogP contribution in [0.5, 0.6) is 5.88 Å². The molecule has 0 saturated carbocycles. The minimum Gasteiger partial charge on any atom is -0.473 e. The molecule has 162 valence electrons. The zero-order valence-electron chi connectivity index (χ0n) is 18.2. The second-order valence-corrected chi connectivity index (χ2v) is 7.79. The van der Waals surface area contributed by atoms with E-state index in [0.717, 1.165) is 43.1 Å². The predicted octanol–water partition coefficient (Wildman–Crippen LogP) is 3.35. The summed E-state index contributed by atoms with van der Waals surface area (Å²) >= 11 is 0. The van der Waals surface area contributed by atoms with E-state index in [1.165, 1.54) is 5.56 Å². The van der Waals surface area contributed by atoms with E-state index in [1.807, 2.05) is 48.3 Å². The van der Waals surface area contributed by atoms with Crippen molar-refractivity contribution in [1.82, 2.24) is 25.0 Å². The molecular formula is C24H30N6O. The number of benzene rings is 1. The van der Waals surface area contributed by atoms with Crippen molar-refractivity contribution in [3.05, 3.63) is 77.7 Å². The molecule has 3 aromatic rings. The zero-order chi connectivity index (χ0) is 21.5. The van der Waals surface area contributed by atoms with Gasteiger partial charge in [0.05, 0.1) is 12.7 Å². The fourth-order valence-corrected chi connectivity index (χ4v) is 3.86. The normalized spacial score (nSPS) is 16.5. The van der Waals surface area contributed by atoms with Crippen molar-refractivity contribution in [3.8, 4) is 5.88 Å². The first-order chi connectivity index (χ1) is 15.2. The van der Waals surface area contributed by atoms with Crippen molar-refractivity contribution >= 4 is 5.96 Å². The van der Waals surface area contributed by atoms with Gasteiger partial charge < -0.3 is 15.0 Å². The highest BCUT2D eigenvalue weighted by Crippen LogP contribution is 2.27. The van der Waals surface area contributed by atoms with Crippen LogP contribution in [0.1, 0.15) is 36.0 Å². The quantitative estimate of drug-likeness (QED) is 0.471. The number of aromatic nitrogens is 3. The van der Waals surface area contributed by atoms with Gasteiger partial charge >= 0.3 is 0 Å². The summed E-state index contributed by atoms with van der Waals surface area (Å²) in [6, 6.07) is 14.1. The molecule has 31 heavy (non-hydrogen) atoms. The average molecular weight is 419 g/mol. The van der Waals surface area contributed by atoms with E-state index < -0.39 is 0 Å². The molecule has 1 N–H and O–H groups in total. The van der Waals surface area contributed by atoms with Crippen LogP contribution in [0.15, 0.2) is 66.0 Å². The van der Waals surface area contributed by atoms with Crippen LogP contribution in [0.4, 0.5) is 0 Å². The van der Waals surface area contributed by atoms with Gasteiger partial charge in [0.15, 0.2) is 5.96 Å². The van der Waals surface area contributed by atoms with Gasteiger partial charge in [0, 0.05) is 50.6 Å². The fraction of sp³-hybridized carbons (Fsp3) is 0.375. The maximum Gasteiger partial charge on any atom is 0.218 e. The summed E-state index contributed by atoms with van der Waals surface area (Å²) < 4.78 is 7.87. The SMILES string of the molecule is CCNC(=NCc1cccnc1OCc1ccccc1)N1CCC(c2cnn(C)c2)C1. The van der Waals surface area contributed by atoms with Crippen LogP contribution in [-0.2, 0) is 20.2 Å². The largest absolute Gasteiger partial charge is 0.473 e. The standard InChI is InChI=1S/C24H30N6O/c1-3-25-24(30-13-11-21(17-30)22-15-28-29(2)16-22)27-14-20-10-7-12-26-23(20)31-18-19-8-5-4-6-9-19/h4-10,12,15-16,21H,3,11,13-14,17-18H2,1-2H3,(H,25,27). The Kier molecular flexibility index (Phi) is 6.82. The van der Waals surface area contributed by atoms with Gasteiger partial charge in [-0.3, -0.25) is 4.68 Å². The van der Waals surface area contributed by atoms with E-state index in [1.54, 1.807) is 6.20 Å². The molecule has 1 unspecified atom stereocenters. The Labute approximate surface area is 183 Å². The van der Waals surface area contributed by atoms with Crippen molar-refractivity contribution < 1.29 is 4.74 Å². The third-order valence-electron chi connectivity index (χ3n) is 5.49. The lowest BCUT2D eigenvalue weighted by atomic mass is 10.0. The number of rotatable bonds is 7. The summed E-state index contributed by atoms with van der Waals surface area (Å²) in [4.78, 5) is 11.7. The minimum atomic E-state index is 0.487. The number of aliphatic imine (C=N–C) groups is 1. The predicted molar refractivity (Wildman–Crippen MR) is 122 cm³/mol. The lowest BCUT2D eigenvalue weighted by molar-refractivity contribution is 0.290. The first-order valence-electron chi connectivity index (χ1n) is 10.9. The van der Waals surface area contributed by atoms with Crippen LogP contribution in [0.25, 0.3) is 0 Å². The first-order valence-corrected chi connectivity index (χ1v) is 10.9. The smallest absolute Gasteiger partial charge is 0.218 e. The van der Waals surface area contributed by atoms with Crippen molar-refractivity contribution in [2.45, 2.75) is 32.4 Å². The van der Waals surface area contributed by atoms with Crippen LogP contribution < -0.4 is 10.1 Å². The van der Waals surface area contributed by atoms with Crippen molar-refractivity contribution in [2.75, 3.05) is 19.6 Å². The zero-order valence-corrected chi connectivity index (χ0v) is 18.2. The van der Waals surface area contributed by atoms with E-state index in [2.05, 4.69) is 45.6 Å². The molecule has 0 spiro atoms. The molecule has 0 amide bonds. The van der Waals surface area contributed by atoms with Gasteiger partial charge in [-0.05, 0) is 30.5 Å². The third-order valence-corrected chi connectivity index (χ3v) is 5.49.